The van der Waals surface area contributed by atoms with Crippen LogP contribution in [0.15, 0.2) is 17.5 Å². The van der Waals surface area contributed by atoms with Gasteiger partial charge in [0, 0.05) is 5.25 Å². The number of nitrogens with two attached hydrogens (primary N) is 1. The van der Waals surface area contributed by atoms with Crippen molar-refractivity contribution < 1.29 is 9.59 Å². The Morgan fingerprint density at radius 3 is 2.89 bits per heavy atom. The number of thiophene rings is 1. The molecule has 0 aliphatic heterocycles. The zero-order valence-electron chi connectivity index (χ0n) is 10.1. The van der Waals surface area contributed by atoms with Gasteiger partial charge in [0.15, 0.2) is 0 Å². The van der Waals surface area contributed by atoms with Crippen LogP contribution in [0.5, 0.6) is 0 Å². The molecule has 1 atom stereocenters. The molecule has 0 radical (unpaired) electrons. The van der Waals surface area contributed by atoms with Gasteiger partial charge in [-0.25, -0.2) is 0 Å². The summed E-state index contributed by atoms with van der Waals surface area (Å²) in [4.78, 5) is 23.5. The highest BCUT2D eigenvalue weighted by Gasteiger charge is 2.09. The SMILES string of the molecule is CC(CCN)SCC(=O)NNC(=O)c1cccs1. The molecule has 0 aromatic carbocycles. The third-order valence-corrected chi connectivity index (χ3v) is 4.23. The van der Waals surface area contributed by atoms with Gasteiger partial charge in [-0.2, -0.15) is 0 Å². The molecular formula is C11H17N3O2S2. The zero-order valence-corrected chi connectivity index (χ0v) is 11.8. The first-order valence-corrected chi connectivity index (χ1v) is 7.50. The number of amides is 2. The fraction of sp³-hybridized carbons (Fsp3) is 0.455. The second kappa shape index (κ2) is 8.12. The Labute approximate surface area is 114 Å². The number of thioether (sulfide) groups is 1. The van der Waals surface area contributed by atoms with Gasteiger partial charge in [0.2, 0.25) is 5.91 Å². The van der Waals surface area contributed by atoms with E-state index in [-0.39, 0.29) is 11.8 Å². The van der Waals surface area contributed by atoms with Crippen LogP contribution in [-0.2, 0) is 4.79 Å². The van der Waals surface area contributed by atoms with Crippen LogP contribution < -0.4 is 16.6 Å². The molecule has 0 spiro atoms. The van der Waals surface area contributed by atoms with Gasteiger partial charge < -0.3 is 5.73 Å². The smallest absolute Gasteiger partial charge is 0.279 e. The highest BCUT2D eigenvalue weighted by Crippen LogP contribution is 2.12. The highest BCUT2D eigenvalue weighted by molar-refractivity contribution is 8.00. The molecular weight excluding hydrogens is 270 g/mol. The third kappa shape index (κ3) is 5.52. The number of carbonyl (C=O) groups excluding carboxylic acids is 2. The summed E-state index contributed by atoms with van der Waals surface area (Å²) in [5.41, 5.74) is 10.2. The lowest BCUT2D eigenvalue weighted by atomic mass is 10.3. The molecule has 0 bridgehead atoms. The van der Waals surface area contributed by atoms with Gasteiger partial charge >= 0.3 is 0 Å². The summed E-state index contributed by atoms with van der Waals surface area (Å²) in [5, 5.41) is 2.15. The highest BCUT2D eigenvalue weighted by atomic mass is 32.2. The maximum Gasteiger partial charge on any atom is 0.279 e. The van der Waals surface area contributed by atoms with E-state index in [1.807, 2.05) is 6.92 Å². The van der Waals surface area contributed by atoms with E-state index in [0.29, 0.717) is 22.4 Å². The minimum Gasteiger partial charge on any atom is -0.330 e. The van der Waals surface area contributed by atoms with Crippen molar-refractivity contribution in [2.45, 2.75) is 18.6 Å². The molecule has 0 saturated carbocycles. The summed E-state index contributed by atoms with van der Waals surface area (Å²) in [5.74, 6) is -0.196. The van der Waals surface area contributed by atoms with Gasteiger partial charge in [-0.05, 0) is 24.4 Å². The van der Waals surface area contributed by atoms with Crippen molar-refractivity contribution in [2.75, 3.05) is 12.3 Å². The molecule has 4 N–H and O–H groups in total. The van der Waals surface area contributed by atoms with Crippen LogP contribution in [0.2, 0.25) is 0 Å². The fourth-order valence-corrected chi connectivity index (χ4v) is 2.60. The van der Waals surface area contributed by atoms with E-state index < -0.39 is 0 Å². The molecule has 1 aromatic heterocycles. The lowest BCUT2D eigenvalue weighted by molar-refractivity contribution is -0.119. The summed E-state index contributed by atoms with van der Waals surface area (Å²) >= 11 is 2.84. The Morgan fingerprint density at radius 1 is 1.50 bits per heavy atom. The summed E-state index contributed by atoms with van der Waals surface area (Å²) in [6.45, 7) is 2.64. The van der Waals surface area contributed by atoms with Gasteiger partial charge in [-0.15, -0.1) is 23.1 Å². The number of hydrazine groups is 1. The van der Waals surface area contributed by atoms with Gasteiger partial charge in [0.25, 0.3) is 5.91 Å². The van der Waals surface area contributed by atoms with E-state index in [9.17, 15) is 9.59 Å². The number of nitrogens with one attached hydrogen (secondary N) is 2. The molecule has 0 fully saturated rings. The average Bonchev–Trinajstić information content (AvgIpc) is 2.87. The van der Waals surface area contributed by atoms with E-state index in [2.05, 4.69) is 10.9 Å². The Kier molecular flexibility index (Phi) is 6.77. The van der Waals surface area contributed by atoms with Crippen LogP contribution in [0, 0.1) is 0 Å². The van der Waals surface area contributed by atoms with Crippen LogP contribution in [0.3, 0.4) is 0 Å². The summed E-state index contributed by atoms with van der Waals surface area (Å²) in [6.07, 6.45) is 0.875. The standard InChI is InChI=1S/C11H17N3O2S2/c1-8(4-5-12)18-7-10(15)13-14-11(16)9-3-2-6-17-9/h2-3,6,8H,4-5,7,12H2,1H3,(H,13,15)(H,14,16). The summed E-state index contributed by atoms with van der Waals surface area (Å²) in [7, 11) is 0. The van der Waals surface area contributed by atoms with Crippen molar-refractivity contribution in [1.29, 1.82) is 0 Å². The molecule has 0 aliphatic carbocycles. The van der Waals surface area contributed by atoms with Crippen LogP contribution in [0.4, 0.5) is 0 Å². The lowest BCUT2D eigenvalue weighted by Gasteiger charge is -2.10. The quantitative estimate of drug-likeness (QED) is 0.681. The van der Waals surface area contributed by atoms with Crippen molar-refractivity contribution in [3.05, 3.63) is 22.4 Å². The molecule has 100 valence electrons. The summed E-state index contributed by atoms with van der Waals surface area (Å²) < 4.78 is 0. The topological polar surface area (TPSA) is 84.2 Å². The van der Waals surface area contributed by atoms with Crippen molar-refractivity contribution in [2.24, 2.45) is 5.73 Å². The van der Waals surface area contributed by atoms with Crippen molar-refractivity contribution in [3.63, 3.8) is 0 Å². The van der Waals surface area contributed by atoms with Gasteiger partial charge in [0.1, 0.15) is 0 Å². The van der Waals surface area contributed by atoms with Crippen LogP contribution in [0.1, 0.15) is 23.0 Å². The second-order valence-electron chi connectivity index (χ2n) is 3.68. The first-order chi connectivity index (χ1) is 8.63. The monoisotopic (exact) mass is 287 g/mol. The van der Waals surface area contributed by atoms with Crippen LogP contribution >= 0.6 is 23.1 Å². The largest absolute Gasteiger partial charge is 0.330 e. The number of rotatable bonds is 6. The first kappa shape index (κ1) is 15.0. The maximum atomic E-state index is 11.5. The van der Waals surface area contributed by atoms with Crippen LogP contribution in [0.25, 0.3) is 0 Å². The minimum absolute atomic E-state index is 0.214. The fourth-order valence-electron chi connectivity index (χ4n) is 1.17. The Morgan fingerprint density at radius 2 is 2.28 bits per heavy atom. The van der Waals surface area contributed by atoms with E-state index >= 15 is 0 Å². The second-order valence-corrected chi connectivity index (χ2v) is 6.05. The molecule has 2 amide bonds. The first-order valence-electron chi connectivity index (χ1n) is 5.58. The molecule has 1 unspecified atom stereocenters. The number of hydrogen-bond donors (Lipinski definition) is 3. The van der Waals surface area contributed by atoms with Gasteiger partial charge in [0.05, 0.1) is 10.6 Å². The van der Waals surface area contributed by atoms with E-state index in [4.69, 9.17) is 5.73 Å². The molecule has 5 nitrogen and oxygen atoms in total. The average molecular weight is 287 g/mol. The Bertz CT molecular complexity index is 382. The molecule has 1 heterocycles. The predicted octanol–water partition coefficient (Wildman–Crippen LogP) is 0.980. The molecule has 1 aromatic rings. The number of carbonyl (C=O) groups is 2. The number of hydrogen-bond acceptors (Lipinski definition) is 5. The molecule has 0 aliphatic rings. The van der Waals surface area contributed by atoms with Gasteiger partial charge in [-0.3, -0.25) is 20.4 Å². The molecule has 7 heteroatoms. The molecule has 18 heavy (non-hydrogen) atoms. The third-order valence-electron chi connectivity index (χ3n) is 2.13. The van der Waals surface area contributed by atoms with Crippen molar-refractivity contribution >= 4 is 34.9 Å². The Hall–Kier alpha value is -1.05. The van der Waals surface area contributed by atoms with Crippen molar-refractivity contribution in [3.8, 4) is 0 Å². The predicted molar refractivity (Wildman–Crippen MR) is 75.5 cm³/mol. The van der Waals surface area contributed by atoms with E-state index in [0.717, 1.165) is 6.42 Å². The Balaban J connectivity index is 2.19. The zero-order chi connectivity index (χ0) is 13.4. The van der Waals surface area contributed by atoms with Crippen LogP contribution in [-0.4, -0.2) is 29.4 Å². The van der Waals surface area contributed by atoms with Gasteiger partial charge in [-0.1, -0.05) is 13.0 Å². The normalized spacial score (nSPS) is 11.9. The summed E-state index contributed by atoms with van der Waals surface area (Å²) in [6, 6.07) is 3.48. The minimum atomic E-state index is -0.293. The molecule has 1 rings (SSSR count). The lowest BCUT2D eigenvalue weighted by Crippen LogP contribution is -2.42. The van der Waals surface area contributed by atoms with E-state index in [1.54, 1.807) is 17.5 Å². The molecule has 0 saturated heterocycles. The van der Waals surface area contributed by atoms with E-state index in [1.165, 1.54) is 23.1 Å². The maximum absolute atomic E-state index is 11.5. The van der Waals surface area contributed by atoms with Crippen molar-refractivity contribution in [1.82, 2.24) is 10.9 Å².